The smallest absolute Gasteiger partial charge is 0.161 e. The maximum atomic E-state index is 13.5. The van der Waals surface area contributed by atoms with E-state index in [1.54, 1.807) is 32.4 Å². The predicted octanol–water partition coefficient (Wildman–Crippen LogP) is 5.24. The highest BCUT2D eigenvalue weighted by atomic mass is 79.9. The SMILES string of the molecule is COc1cc(Br)c(C(Cl)c2cc(F)ccc2C)cc1OC. The van der Waals surface area contributed by atoms with Gasteiger partial charge in [-0.25, -0.2) is 4.39 Å². The minimum absolute atomic E-state index is 0.308. The van der Waals surface area contributed by atoms with E-state index in [1.807, 2.05) is 6.92 Å². The van der Waals surface area contributed by atoms with Gasteiger partial charge in [0.1, 0.15) is 5.82 Å². The zero-order chi connectivity index (χ0) is 15.6. The van der Waals surface area contributed by atoms with Crippen LogP contribution in [-0.2, 0) is 0 Å². The zero-order valence-electron chi connectivity index (χ0n) is 11.9. The van der Waals surface area contributed by atoms with Crippen molar-refractivity contribution < 1.29 is 13.9 Å². The van der Waals surface area contributed by atoms with Gasteiger partial charge in [0, 0.05) is 4.47 Å². The molecule has 2 aromatic rings. The summed E-state index contributed by atoms with van der Waals surface area (Å²) in [7, 11) is 3.13. The van der Waals surface area contributed by atoms with Gasteiger partial charge in [0.2, 0.25) is 0 Å². The van der Waals surface area contributed by atoms with Gasteiger partial charge < -0.3 is 9.47 Å². The molecule has 0 aromatic heterocycles. The third-order valence-electron chi connectivity index (χ3n) is 3.29. The fraction of sp³-hybridized carbons (Fsp3) is 0.250. The fourth-order valence-electron chi connectivity index (χ4n) is 2.12. The number of rotatable bonds is 4. The Balaban J connectivity index is 2.52. The second-order valence-electron chi connectivity index (χ2n) is 4.59. The normalized spacial score (nSPS) is 12.1. The Morgan fingerprint density at radius 3 is 2.29 bits per heavy atom. The molecule has 112 valence electrons. The van der Waals surface area contributed by atoms with Crippen LogP contribution in [0, 0.1) is 12.7 Å². The molecule has 1 atom stereocenters. The molecule has 0 amide bonds. The standard InChI is InChI=1S/C16H15BrClFO2/c1-9-4-5-10(19)6-11(9)16(18)12-7-14(20-2)15(21-3)8-13(12)17/h4-8,16H,1-3H3. The van der Waals surface area contributed by atoms with E-state index in [0.29, 0.717) is 11.5 Å². The highest BCUT2D eigenvalue weighted by Crippen LogP contribution is 2.41. The zero-order valence-corrected chi connectivity index (χ0v) is 14.3. The molecule has 2 rings (SSSR count). The van der Waals surface area contributed by atoms with Gasteiger partial charge >= 0.3 is 0 Å². The molecular formula is C16H15BrClFO2. The molecule has 2 nitrogen and oxygen atoms in total. The Morgan fingerprint density at radius 2 is 1.67 bits per heavy atom. The molecule has 21 heavy (non-hydrogen) atoms. The maximum absolute atomic E-state index is 13.5. The maximum Gasteiger partial charge on any atom is 0.161 e. The van der Waals surface area contributed by atoms with E-state index in [0.717, 1.165) is 21.2 Å². The monoisotopic (exact) mass is 372 g/mol. The van der Waals surface area contributed by atoms with Crippen molar-refractivity contribution in [1.82, 2.24) is 0 Å². The van der Waals surface area contributed by atoms with Crippen LogP contribution in [0.1, 0.15) is 22.1 Å². The van der Waals surface area contributed by atoms with Crippen molar-refractivity contribution >= 4 is 27.5 Å². The lowest BCUT2D eigenvalue weighted by atomic mass is 9.99. The summed E-state index contributed by atoms with van der Waals surface area (Å²) < 4.78 is 24.8. The molecule has 2 aromatic carbocycles. The number of alkyl halides is 1. The minimum atomic E-state index is -0.491. The molecule has 0 saturated heterocycles. The van der Waals surface area contributed by atoms with Crippen molar-refractivity contribution in [2.75, 3.05) is 14.2 Å². The number of aryl methyl sites for hydroxylation is 1. The number of halogens is 3. The number of hydrogen-bond donors (Lipinski definition) is 0. The summed E-state index contributed by atoms with van der Waals surface area (Å²) in [5.74, 6) is 0.876. The third-order valence-corrected chi connectivity index (χ3v) is 4.45. The number of ether oxygens (including phenoxy) is 2. The quantitative estimate of drug-likeness (QED) is 0.682. The molecule has 0 aliphatic rings. The van der Waals surface area contributed by atoms with Crippen molar-refractivity contribution in [3.8, 4) is 11.5 Å². The van der Waals surface area contributed by atoms with E-state index in [-0.39, 0.29) is 5.82 Å². The van der Waals surface area contributed by atoms with E-state index >= 15 is 0 Å². The Morgan fingerprint density at radius 1 is 1.05 bits per heavy atom. The number of methoxy groups -OCH3 is 2. The van der Waals surface area contributed by atoms with Crippen molar-refractivity contribution in [1.29, 1.82) is 0 Å². The Hall–Kier alpha value is -1.26. The van der Waals surface area contributed by atoms with E-state index in [9.17, 15) is 4.39 Å². The van der Waals surface area contributed by atoms with Crippen LogP contribution in [0.15, 0.2) is 34.8 Å². The average molecular weight is 374 g/mol. The summed E-state index contributed by atoms with van der Waals surface area (Å²) in [6, 6.07) is 8.18. The highest BCUT2D eigenvalue weighted by molar-refractivity contribution is 9.10. The third kappa shape index (κ3) is 3.33. The summed E-state index contributed by atoms with van der Waals surface area (Å²) in [4.78, 5) is 0. The van der Waals surface area contributed by atoms with Crippen LogP contribution in [0.3, 0.4) is 0 Å². The Kier molecular flexibility index (Phi) is 5.12. The molecule has 0 saturated carbocycles. The number of hydrogen-bond acceptors (Lipinski definition) is 2. The molecule has 0 aliphatic heterocycles. The first kappa shape index (κ1) is 16.1. The molecule has 0 aliphatic carbocycles. The molecule has 0 radical (unpaired) electrons. The molecule has 1 unspecified atom stereocenters. The van der Waals surface area contributed by atoms with Crippen LogP contribution in [0.5, 0.6) is 11.5 Å². The average Bonchev–Trinajstić information content (AvgIpc) is 2.48. The van der Waals surface area contributed by atoms with Crippen LogP contribution in [0.2, 0.25) is 0 Å². The van der Waals surface area contributed by atoms with Gasteiger partial charge in [-0.15, -0.1) is 11.6 Å². The summed E-state index contributed by atoms with van der Waals surface area (Å²) >= 11 is 10.0. The van der Waals surface area contributed by atoms with Crippen molar-refractivity contribution in [2.45, 2.75) is 12.3 Å². The molecule has 0 heterocycles. The lowest BCUT2D eigenvalue weighted by Crippen LogP contribution is -2.00. The highest BCUT2D eigenvalue weighted by Gasteiger charge is 2.19. The van der Waals surface area contributed by atoms with Crippen LogP contribution in [-0.4, -0.2) is 14.2 Å². The van der Waals surface area contributed by atoms with E-state index in [4.69, 9.17) is 21.1 Å². The number of benzene rings is 2. The summed E-state index contributed by atoms with van der Waals surface area (Å²) in [5.41, 5.74) is 2.45. The molecule has 0 bridgehead atoms. The van der Waals surface area contributed by atoms with Crippen LogP contribution >= 0.6 is 27.5 Å². The van der Waals surface area contributed by atoms with Gasteiger partial charge in [-0.1, -0.05) is 22.0 Å². The second-order valence-corrected chi connectivity index (χ2v) is 5.88. The first-order valence-corrected chi connectivity index (χ1v) is 7.52. The van der Waals surface area contributed by atoms with E-state index in [1.165, 1.54) is 12.1 Å². The van der Waals surface area contributed by atoms with Crippen molar-refractivity contribution in [3.63, 3.8) is 0 Å². The lowest BCUT2D eigenvalue weighted by Gasteiger charge is -2.17. The van der Waals surface area contributed by atoms with E-state index in [2.05, 4.69) is 15.9 Å². The summed E-state index contributed by atoms with van der Waals surface area (Å²) in [6.07, 6.45) is 0. The van der Waals surface area contributed by atoms with Gasteiger partial charge in [0.25, 0.3) is 0 Å². The largest absolute Gasteiger partial charge is 0.493 e. The van der Waals surface area contributed by atoms with Crippen LogP contribution in [0.25, 0.3) is 0 Å². The van der Waals surface area contributed by atoms with Gasteiger partial charge in [-0.05, 0) is 47.9 Å². The fourth-order valence-corrected chi connectivity index (χ4v) is 3.21. The second kappa shape index (κ2) is 6.67. The topological polar surface area (TPSA) is 18.5 Å². The summed E-state index contributed by atoms with van der Waals surface area (Å²) in [5, 5.41) is -0.491. The van der Waals surface area contributed by atoms with Gasteiger partial charge in [0.15, 0.2) is 11.5 Å². The van der Waals surface area contributed by atoms with E-state index < -0.39 is 5.38 Å². The van der Waals surface area contributed by atoms with Crippen molar-refractivity contribution in [2.24, 2.45) is 0 Å². The molecular weight excluding hydrogens is 359 g/mol. The Bertz CT molecular complexity index is 661. The first-order chi connectivity index (χ1) is 9.97. The van der Waals surface area contributed by atoms with Gasteiger partial charge in [0.05, 0.1) is 19.6 Å². The summed E-state index contributed by atoms with van der Waals surface area (Å²) in [6.45, 7) is 1.90. The van der Waals surface area contributed by atoms with Gasteiger partial charge in [-0.2, -0.15) is 0 Å². The Labute approximate surface area is 137 Å². The van der Waals surface area contributed by atoms with Crippen LogP contribution in [0.4, 0.5) is 4.39 Å². The van der Waals surface area contributed by atoms with Gasteiger partial charge in [-0.3, -0.25) is 0 Å². The van der Waals surface area contributed by atoms with Crippen molar-refractivity contribution in [3.05, 3.63) is 57.3 Å². The first-order valence-electron chi connectivity index (χ1n) is 6.29. The lowest BCUT2D eigenvalue weighted by molar-refractivity contribution is 0.354. The molecule has 0 N–H and O–H groups in total. The minimum Gasteiger partial charge on any atom is -0.493 e. The molecule has 0 spiro atoms. The van der Waals surface area contributed by atoms with Crippen LogP contribution < -0.4 is 9.47 Å². The molecule has 0 fully saturated rings. The predicted molar refractivity (Wildman–Crippen MR) is 86.1 cm³/mol. The molecule has 5 heteroatoms.